The molecule has 1 unspecified atom stereocenters. The van der Waals surface area contributed by atoms with E-state index in [0.717, 1.165) is 109 Å². The van der Waals surface area contributed by atoms with Gasteiger partial charge in [0.1, 0.15) is 13.2 Å². The number of rotatable bonds is 56. The van der Waals surface area contributed by atoms with Gasteiger partial charge in [-0.05, 0) is 109 Å². The molecule has 0 bridgehead atoms. The van der Waals surface area contributed by atoms with Crippen LogP contribution in [0.1, 0.15) is 310 Å². The third kappa shape index (κ3) is 57.7. The van der Waals surface area contributed by atoms with Crippen LogP contribution in [-0.4, -0.2) is 37.2 Å². The van der Waals surface area contributed by atoms with Crippen molar-refractivity contribution in [3.63, 3.8) is 0 Å². The van der Waals surface area contributed by atoms with Gasteiger partial charge in [-0.3, -0.25) is 14.4 Å². The van der Waals surface area contributed by atoms with Gasteiger partial charge in [0.05, 0.1) is 0 Å². The Bertz CT molecular complexity index is 1340. The van der Waals surface area contributed by atoms with Crippen LogP contribution in [0.15, 0.2) is 72.9 Å². The van der Waals surface area contributed by atoms with E-state index in [0.29, 0.717) is 19.3 Å². The van der Waals surface area contributed by atoms with Crippen molar-refractivity contribution < 1.29 is 28.6 Å². The van der Waals surface area contributed by atoms with Gasteiger partial charge in [-0.25, -0.2) is 0 Å². The van der Waals surface area contributed by atoms with Gasteiger partial charge in [-0.2, -0.15) is 0 Å². The number of esters is 3. The van der Waals surface area contributed by atoms with Gasteiger partial charge >= 0.3 is 17.9 Å². The van der Waals surface area contributed by atoms with Crippen LogP contribution in [0.5, 0.6) is 0 Å². The highest BCUT2D eigenvalue weighted by atomic mass is 16.6. The zero-order valence-corrected chi connectivity index (χ0v) is 47.7. The van der Waals surface area contributed by atoms with Gasteiger partial charge in [0, 0.05) is 19.3 Å². The normalized spacial score (nSPS) is 12.5. The van der Waals surface area contributed by atoms with Crippen LogP contribution < -0.4 is 0 Å². The van der Waals surface area contributed by atoms with Crippen LogP contribution in [-0.2, 0) is 28.6 Å². The van der Waals surface area contributed by atoms with Crippen molar-refractivity contribution in [3.05, 3.63) is 72.9 Å². The Kier molecular flexibility index (Phi) is 57.8. The molecule has 416 valence electrons. The van der Waals surface area contributed by atoms with E-state index in [1.54, 1.807) is 0 Å². The van der Waals surface area contributed by atoms with Crippen LogP contribution in [0.25, 0.3) is 0 Å². The summed E-state index contributed by atoms with van der Waals surface area (Å²) >= 11 is 0. The molecule has 0 saturated carbocycles. The van der Waals surface area contributed by atoms with E-state index >= 15 is 0 Å². The minimum absolute atomic E-state index is 0.0826. The number of allylic oxidation sites excluding steroid dienone is 12. The number of carbonyl (C=O) groups excluding carboxylic acids is 3. The Morgan fingerprint density at radius 1 is 0.278 bits per heavy atom. The lowest BCUT2D eigenvalue weighted by Gasteiger charge is -2.18. The molecule has 0 aromatic heterocycles. The van der Waals surface area contributed by atoms with Gasteiger partial charge < -0.3 is 14.2 Å². The SMILES string of the molecule is CCC/C=C\C/C=C\CCCCCCCC(=O)OC(COC(=O)CCCCCCC/C=C\CCCCC)COC(=O)CCCCCCCCCCCCCCCC/C=C\C/C=C\C/C=C\CCCCCCC. The molecule has 6 heteroatoms. The first-order valence-electron chi connectivity index (χ1n) is 30.9. The van der Waals surface area contributed by atoms with E-state index in [1.165, 1.54) is 161 Å². The zero-order chi connectivity index (χ0) is 52.2. The fourth-order valence-corrected chi connectivity index (χ4v) is 8.72. The van der Waals surface area contributed by atoms with Gasteiger partial charge in [0.2, 0.25) is 0 Å². The molecule has 0 aromatic rings. The summed E-state index contributed by atoms with van der Waals surface area (Å²) in [5, 5.41) is 0. The Balaban J connectivity index is 4.18. The predicted octanol–water partition coefficient (Wildman–Crippen LogP) is 20.9. The summed E-state index contributed by atoms with van der Waals surface area (Å²) in [6, 6.07) is 0. The molecule has 0 saturated heterocycles. The second-order valence-electron chi connectivity index (χ2n) is 20.6. The van der Waals surface area contributed by atoms with Crippen molar-refractivity contribution in [1.29, 1.82) is 0 Å². The van der Waals surface area contributed by atoms with Crippen molar-refractivity contribution in [3.8, 4) is 0 Å². The molecular formula is C66H116O6. The lowest BCUT2D eigenvalue weighted by atomic mass is 10.0. The molecule has 0 spiro atoms. The molecule has 0 aliphatic rings. The van der Waals surface area contributed by atoms with E-state index in [2.05, 4.69) is 93.7 Å². The Morgan fingerprint density at radius 3 is 0.875 bits per heavy atom. The summed E-state index contributed by atoms with van der Waals surface area (Å²) < 4.78 is 16.8. The highest BCUT2D eigenvalue weighted by Gasteiger charge is 2.19. The molecule has 0 aliphatic heterocycles. The number of unbranched alkanes of at least 4 members (excludes halogenated alkanes) is 33. The maximum absolute atomic E-state index is 12.8. The molecule has 0 amide bonds. The lowest BCUT2D eigenvalue weighted by Crippen LogP contribution is -2.30. The summed E-state index contributed by atoms with van der Waals surface area (Å²) in [5.74, 6) is -0.898. The molecule has 0 N–H and O–H groups in total. The van der Waals surface area contributed by atoms with Crippen molar-refractivity contribution in [2.75, 3.05) is 13.2 Å². The van der Waals surface area contributed by atoms with Crippen molar-refractivity contribution in [2.24, 2.45) is 0 Å². The average molecular weight is 1010 g/mol. The largest absolute Gasteiger partial charge is 0.462 e. The lowest BCUT2D eigenvalue weighted by molar-refractivity contribution is -0.167. The summed E-state index contributed by atoms with van der Waals surface area (Å²) in [4.78, 5) is 38.1. The van der Waals surface area contributed by atoms with Gasteiger partial charge in [-0.15, -0.1) is 0 Å². The first-order chi connectivity index (χ1) is 35.5. The highest BCUT2D eigenvalue weighted by molar-refractivity contribution is 5.71. The monoisotopic (exact) mass is 1000 g/mol. The topological polar surface area (TPSA) is 78.9 Å². The Labute approximate surface area is 446 Å². The third-order valence-electron chi connectivity index (χ3n) is 13.4. The van der Waals surface area contributed by atoms with Gasteiger partial charge in [-0.1, -0.05) is 254 Å². The quantitative estimate of drug-likeness (QED) is 0.0261. The van der Waals surface area contributed by atoms with E-state index in [1.807, 2.05) is 0 Å². The number of hydrogen-bond donors (Lipinski definition) is 0. The van der Waals surface area contributed by atoms with Crippen LogP contribution in [0.2, 0.25) is 0 Å². The van der Waals surface area contributed by atoms with Crippen LogP contribution in [0, 0.1) is 0 Å². The highest BCUT2D eigenvalue weighted by Crippen LogP contribution is 2.16. The van der Waals surface area contributed by atoms with Crippen molar-refractivity contribution in [1.82, 2.24) is 0 Å². The molecule has 0 radical (unpaired) electrons. The van der Waals surface area contributed by atoms with Crippen molar-refractivity contribution in [2.45, 2.75) is 316 Å². The van der Waals surface area contributed by atoms with Crippen LogP contribution in [0.3, 0.4) is 0 Å². The molecule has 0 rings (SSSR count). The first kappa shape index (κ1) is 68.8. The second kappa shape index (κ2) is 60.4. The summed E-state index contributed by atoms with van der Waals surface area (Å²) in [7, 11) is 0. The Hall–Kier alpha value is -3.15. The van der Waals surface area contributed by atoms with E-state index in [9.17, 15) is 14.4 Å². The minimum Gasteiger partial charge on any atom is -0.462 e. The van der Waals surface area contributed by atoms with E-state index < -0.39 is 6.10 Å². The van der Waals surface area contributed by atoms with Crippen LogP contribution in [0.4, 0.5) is 0 Å². The maximum Gasteiger partial charge on any atom is 0.306 e. The maximum atomic E-state index is 12.8. The predicted molar refractivity (Wildman–Crippen MR) is 311 cm³/mol. The molecule has 0 fully saturated rings. The van der Waals surface area contributed by atoms with Crippen molar-refractivity contribution >= 4 is 17.9 Å². The molecule has 6 nitrogen and oxygen atoms in total. The number of hydrogen-bond acceptors (Lipinski definition) is 6. The molecular weight excluding hydrogens is 889 g/mol. The molecule has 0 aliphatic carbocycles. The van der Waals surface area contributed by atoms with Gasteiger partial charge in [0.15, 0.2) is 6.10 Å². The fraction of sp³-hybridized carbons (Fsp3) is 0.773. The average Bonchev–Trinajstić information content (AvgIpc) is 3.38. The number of carbonyl (C=O) groups is 3. The van der Waals surface area contributed by atoms with E-state index in [-0.39, 0.29) is 31.1 Å². The smallest absolute Gasteiger partial charge is 0.306 e. The first-order valence-corrected chi connectivity index (χ1v) is 30.9. The summed E-state index contributed by atoms with van der Waals surface area (Å²) in [6.07, 6.45) is 77.7. The van der Waals surface area contributed by atoms with Crippen LogP contribution >= 0.6 is 0 Å². The van der Waals surface area contributed by atoms with E-state index in [4.69, 9.17) is 14.2 Å². The Morgan fingerprint density at radius 2 is 0.528 bits per heavy atom. The number of ether oxygens (including phenoxy) is 3. The summed E-state index contributed by atoms with van der Waals surface area (Å²) in [5.41, 5.74) is 0. The summed E-state index contributed by atoms with van der Waals surface area (Å²) in [6.45, 7) is 6.54. The van der Waals surface area contributed by atoms with Gasteiger partial charge in [0.25, 0.3) is 0 Å². The minimum atomic E-state index is -0.785. The third-order valence-corrected chi connectivity index (χ3v) is 13.4. The second-order valence-corrected chi connectivity index (χ2v) is 20.6. The standard InChI is InChI=1S/C66H116O6/c1-4-7-10-13-16-19-22-25-26-27-28-29-30-31-32-33-34-35-36-37-38-39-40-42-44-47-50-53-56-59-65(68)71-62-63(61-70-64(67)58-55-52-49-46-43-24-21-18-15-12-9-6-3)72-66(69)60-57-54-51-48-45-41-23-20-17-14-11-8-5-2/h11,14,18,20-23,25,27-28,30-31,63H,4-10,12-13,15-17,19,24,26,29,32-62H2,1-3H3/b14-11-,21-18-,23-20-,25-22-,28-27-,31-30-. The molecule has 0 aromatic carbocycles. The molecule has 0 heterocycles. The molecule has 1 atom stereocenters. The molecule has 72 heavy (non-hydrogen) atoms. The zero-order valence-electron chi connectivity index (χ0n) is 47.7. The fourth-order valence-electron chi connectivity index (χ4n) is 8.72.